The molecule has 10 rings (SSSR count). The van der Waals surface area contributed by atoms with Gasteiger partial charge in [0.25, 0.3) is 0 Å². The first kappa shape index (κ1) is 22.8. The molecule has 0 N–H and O–H groups in total. The van der Waals surface area contributed by atoms with E-state index in [-0.39, 0.29) is 0 Å². The van der Waals surface area contributed by atoms with Crippen molar-refractivity contribution in [2.75, 3.05) is 0 Å². The van der Waals surface area contributed by atoms with Crippen LogP contribution in [0.4, 0.5) is 0 Å². The monoisotopic (exact) mass is 550 g/mol. The molecule has 0 spiro atoms. The molecule has 0 atom stereocenters. The molecule has 3 heteroatoms. The fourth-order valence-corrected chi connectivity index (χ4v) is 7.15. The van der Waals surface area contributed by atoms with Gasteiger partial charge in [0.15, 0.2) is 0 Å². The fourth-order valence-electron chi connectivity index (χ4n) is 7.15. The second kappa shape index (κ2) is 8.37. The number of para-hydroxylation sites is 3. The van der Waals surface area contributed by atoms with E-state index in [1.165, 1.54) is 0 Å². The van der Waals surface area contributed by atoms with Crippen molar-refractivity contribution >= 4 is 76.4 Å². The lowest BCUT2D eigenvalue weighted by atomic mass is 9.85. The van der Waals surface area contributed by atoms with Crippen molar-refractivity contribution < 1.29 is 13.3 Å². The van der Waals surface area contributed by atoms with Crippen LogP contribution in [0.3, 0.4) is 0 Å². The largest absolute Gasteiger partial charge is 0.464 e. The molecule has 0 saturated carbocycles. The van der Waals surface area contributed by atoms with Gasteiger partial charge >= 0.3 is 0 Å². The smallest absolute Gasteiger partial charge is 0.147 e. The molecular formula is C40H22O3. The lowest BCUT2D eigenvalue weighted by Gasteiger charge is -2.18. The van der Waals surface area contributed by atoms with E-state index >= 15 is 0 Å². The summed E-state index contributed by atoms with van der Waals surface area (Å²) in [5.41, 5.74) is 8.66. The fraction of sp³-hybridized carbons (Fsp3) is 0. The van der Waals surface area contributed by atoms with Crippen LogP contribution in [0.1, 0.15) is 0 Å². The molecule has 0 unspecified atom stereocenters. The Bertz CT molecular complexity index is 2680. The third-order valence-corrected chi connectivity index (χ3v) is 8.94. The van der Waals surface area contributed by atoms with E-state index in [1.54, 1.807) is 6.26 Å². The number of fused-ring (bicyclic) bond motifs is 9. The van der Waals surface area contributed by atoms with Crippen LogP contribution in [-0.2, 0) is 0 Å². The average molecular weight is 551 g/mol. The summed E-state index contributed by atoms with van der Waals surface area (Å²) in [7, 11) is 0. The topological polar surface area (TPSA) is 39.4 Å². The minimum atomic E-state index is 0.828. The Balaban J connectivity index is 1.42. The first-order valence-corrected chi connectivity index (χ1v) is 14.5. The average Bonchev–Trinajstić information content (AvgIpc) is 3.78. The van der Waals surface area contributed by atoms with E-state index in [1.807, 2.05) is 30.3 Å². The molecule has 0 radical (unpaired) electrons. The van der Waals surface area contributed by atoms with Crippen LogP contribution >= 0.6 is 0 Å². The maximum absolute atomic E-state index is 6.64. The van der Waals surface area contributed by atoms with Gasteiger partial charge in [-0.2, -0.15) is 0 Å². The number of furan rings is 3. The molecule has 3 aromatic heterocycles. The number of hydrogen-bond acceptors (Lipinski definition) is 3. The molecule has 0 saturated heterocycles. The Morgan fingerprint density at radius 1 is 0.349 bits per heavy atom. The quantitative estimate of drug-likeness (QED) is 0.201. The third-order valence-electron chi connectivity index (χ3n) is 8.94. The summed E-state index contributed by atoms with van der Waals surface area (Å²) >= 11 is 0. The first-order chi connectivity index (χ1) is 21.3. The van der Waals surface area contributed by atoms with Crippen molar-refractivity contribution in [3.8, 4) is 22.3 Å². The van der Waals surface area contributed by atoms with Crippen LogP contribution in [0.15, 0.2) is 147 Å². The molecule has 3 heterocycles. The maximum Gasteiger partial charge on any atom is 0.147 e. The summed E-state index contributed by atoms with van der Waals surface area (Å²) < 4.78 is 19.4. The lowest BCUT2D eigenvalue weighted by Crippen LogP contribution is -1.92. The zero-order chi connectivity index (χ0) is 28.1. The molecule has 3 nitrogen and oxygen atoms in total. The highest BCUT2D eigenvalue weighted by Gasteiger charge is 2.25. The number of hydrogen-bond donors (Lipinski definition) is 0. The predicted molar refractivity (Wildman–Crippen MR) is 177 cm³/mol. The molecule has 0 aliphatic heterocycles. The van der Waals surface area contributed by atoms with E-state index in [9.17, 15) is 0 Å². The Labute approximate surface area is 245 Å². The van der Waals surface area contributed by atoms with E-state index in [0.29, 0.717) is 0 Å². The van der Waals surface area contributed by atoms with E-state index in [0.717, 1.165) is 98.6 Å². The van der Waals surface area contributed by atoms with Crippen LogP contribution in [0.5, 0.6) is 0 Å². The van der Waals surface area contributed by atoms with Crippen molar-refractivity contribution in [2.45, 2.75) is 0 Å². The molecule has 10 aromatic rings. The molecule has 0 bridgehead atoms. The van der Waals surface area contributed by atoms with Gasteiger partial charge in [0.1, 0.15) is 27.9 Å². The van der Waals surface area contributed by atoms with Crippen molar-refractivity contribution in [3.05, 3.63) is 134 Å². The number of rotatable bonds is 2. The Kier molecular flexibility index (Phi) is 4.45. The molecule has 0 amide bonds. The normalized spacial score (nSPS) is 12.2. The zero-order valence-electron chi connectivity index (χ0n) is 22.9. The summed E-state index contributed by atoms with van der Waals surface area (Å²) in [6, 6.07) is 44.6. The molecule has 0 fully saturated rings. The lowest BCUT2D eigenvalue weighted by molar-refractivity contribution is 0.615. The van der Waals surface area contributed by atoms with Crippen LogP contribution in [0, 0.1) is 0 Å². The molecule has 200 valence electrons. The van der Waals surface area contributed by atoms with Gasteiger partial charge in [0, 0.05) is 43.6 Å². The Morgan fingerprint density at radius 2 is 0.884 bits per heavy atom. The molecular weight excluding hydrogens is 528 g/mol. The van der Waals surface area contributed by atoms with Crippen molar-refractivity contribution in [1.82, 2.24) is 0 Å². The van der Waals surface area contributed by atoms with Gasteiger partial charge in [-0.05, 0) is 45.8 Å². The summed E-state index contributed by atoms with van der Waals surface area (Å²) in [5, 5.41) is 10.1. The summed E-state index contributed by atoms with van der Waals surface area (Å²) in [6.45, 7) is 0. The van der Waals surface area contributed by atoms with E-state index in [2.05, 4.69) is 97.1 Å². The maximum atomic E-state index is 6.64. The molecule has 0 aliphatic carbocycles. The van der Waals surface area contributed by atoms with Crippen LogP contribution < -0.4 is 0 Å². The second-order valence-electron chi connectivity index (χ2n) is 11.2. The Hall–Kier alpha value is -5.80. The first-order valence-electron chi connectivity index (χ1n) is 14.5. The van der Waals surface area contributed by atoms with Crippen molar-refractivity contribution in [2.24, 2.45) is 0 Å². The standard InChI is InChI=1S/C40H22O3/c1-3-14-28-26(12-1)35(31-17-9-16-30-24-10-5-7-18-33(24)42-39(30)31)27-13-2-4-15-29(27)36(28)37-38-23(20-21-41-38)22-32-25-11-6-8-19-34(25)43-40(32)37/h1-22H. The molecule has 7 aromatic carbocycles. The summed E-state index contributed by atoms with van der Waals surface area (Å²) in [4.78, 5) is 0. The van der Waals surface area contributed by atoms with Crippen molar-refractivity contribution in [1.29, 1.82) is 0 Å². The minimum absolute atomic E-state index is 0.828. The summed E-state index contributed by atoms with van der Waals surface area (Å²) in [5.74, 6) is 0. The molecule has 0 aliphatic rings. The van der Waals surface area contributed by atoms with Gasteiger partial charge in [-0.15, -0.1) is 0 Å². The third kappa shape index (κ3) is 3.03. The van der Waals surface area contributed by atoms with Crippen molar-refractivity contribution in [3.63, 3.8) is 0 Å². The van der Waals surface area contributed by atoms with Gasteiger partial charge in [0.05, 0.1) is 11.8 Å². The van der Waals surface area contributed by atoms with Gasteiger partial charge in [-0.25, -0.2) is 0 Å². The van der Waals surface area contributed by atoms with Gasteiger partial charge in [-0.1, -0.05) is 103 Å². The van der Waals surface area contributed by atoms with Gasteiger partial charge in [0.2, 0.25) is 0 Å². The van der Waals surface area contributed by atoms with Gasteiger partial charge < -0.3 is 13.3 Å². The second-order valence-corrected chi connectivity index (χ2v) is 11.2. The van der Waals surface area contributed by atoms with Crippen LogP contribution in [-0.4, -0.2) is 0 Å². The minimum Gasteiger partial charge on any atom is -0.464 e. The highest BCUT2D eigenvalue weighted by molar-refractivity contribution is 6.29. The van der Waals surface area contributed by atoms with Gasteiger partial charge in [-0.3, -0.25) is 0 Å². The SMILES string of the molecule is c1ccc2c(c1)oc1c(-c3c4ccccc4c(-c4c5occc5cc5c4oc4ccccc45)c4ccccc34)cccc12. The van der Waals surface area contributed by atoms with E-state index in [4.69, 9.17) is 13.3 Å². The summed E-state index contributed by atoms with van der Waals surface area (Å²) in [6.07, 6.45) is 1.77. The highest BCUT2D eigenvalue weighted by Crippen LogP contribution is 2.50. The van der Waals surface area contributed by atoms with Crippen LogP contribution in [0.25, 0.3) is 98.6 Å². The predicted octanol–water partition coefficient (Wildman–Crippen LogP) is 11.9. The Morgan fingerprint density at radius 3 is 1.56 bits per heavy atom. The number of benzene rings is 7. The van der Waals surface area contributed by atoms with E-state index < -0.39 is 0 Å². The molecule has 43 heavy (non-hydrogen) atoms. The van der Waals surface area contributed by atoms with Crippen LogP contribution in [0.2, 0.25) is 0 Å². The highest BCUT2D eigenvalue weighted by atomic mass is 16.3. The zero-order valence-corrected chi connectivity index (χ0v) is 22.9.